The Labute approximate surface area is 175 Å². The summed E-state index contributed by atoms with van der Waals surface area (Å²) in [5, 5.41) is 5.73. The molecule has 0 amide bonds. The molecule has 0 bridgehead atoms. The number of hydrogen-bond acceptors (Lipinski definition) is 3. The number of aryl methyl sites for hydroxylation is 1. The second kappa shape index (κ2) is 8.09. The molecule has 0 saturated carbocycles. The Morgan fingerprint density at radius 3 is 2.72 bits per heavy atom. The number of aromatic amines is 1. The minimum atomic E-state index is 0.277. The lowest BCUT2D eigenvalue weighted by Crippen LogP contribution is -2.37. The average Bonchev–Trinajstić information content (AvgIpc) is 3.41. The first-order valence-corrected chi connectivity index (χ1v) is 11.5. The van der Waals surface area contributed by atoms with Crippen molar-refractivity contribution in [3.63, 3.8) is 0 Å². The summed E-state index contributed by atoms with van der Waals surface area (Å²) in [7, 11) is 0. The van der Waals surface area contributed by atoms with E-state index in [1.807, 2.05) is 23.1 Å². The molecule has 0 radical (unpaired) electrons. The summed E-state index contributed by atoms with van der Waals surface area (Å²) in [4.78, 5) is 7.71. The molecular formula is C24H26N4S. The summed E-state index contributed by atoms with van der Waals surface area (Å²) in [6, 6.07) is 20.1. The summed E-state index contributed by atoms with van der Waals surface area (Å²) in [6.07, 6.45) is 8.22. The monoisotopic (exact) mass is 402 g/mol. The largest absolute Gasteiger partial charge is 0.357 e. The maximum absolute atomic E-state index is 4.35. The van der Waals surface area contributed by atoms with Crippen molar-refractivity contribution in [3.05, 3.63) is 83.8 Å². The molecule has 0 unspecified atom stereocenters. The van der Waals surface area contributed by atoms with E-state index in [0.717, 1.165) is 32.5 Å². The summed E-state index contributed by atoms with van der Waals surface area (Å²) < 4.78 is 2.03. The van der Waals surface area contributed by atoms with E-state index in [1.165, 1.54) is 32.6 Å². The highest BCUT2D eigenvalue weighted by Gasteiger charge is 2.31. The fraction of sp³-hybridized carbons (Fsp3) is 0.292. The van der Waals surface area contributed by atoms with Gasteiger partial charge < -0.3 is 4.98 Å². The van der Waals surface area contributed by atoms with Crippen molar-refractivity contribution in [1.82, 2.24) is 19.7 Å². The zero-order chi connectivity index (χ0) is 19.6. The number of H-pyrrole nitrogens is 1. The Bertz CT molecular complexity index is 1080. The van der Waals surface area contributed by atoms with Gasteiger partial charge in [-0.05, 0) is 54.5 Å². The summed E-state index contributed by atoms with van der Waals surface area (Å²) in [5.74, 6) is 0. The highest BCUT2D eigenvalue weighted by atomic mass is 32.2. The highest BCUT2D eigenvalue weighted by molar-refractivity contribution is 7.98. The smallest absolute Gasteiger partial charge is 0.0757 e. The fourth-order valence-corrected chi connectivity index (χ4v) is 4.97. The third-order valence-electron chi connectivity index (χ3n) is 5.96. The van der Waals surface area contributed by atoms with Crippen molar-refractivity contribution >= 4 is 22.7 Å². The predicted molar refractivity (Wildman–Crippen MR) is 120 cm³/mol. The van der Waals surface area contributed by atoms with Gasteiger partial charge in [0.05, 0.1) is 6.04 Å². The number of thioether (sulfide) groups is 1. The Kier molecular flexibility index (Phi) is 5.17. The molecule has 2 aromatic carbocycles. The molecule has 0 spiro atoms. The van der Waals surface area contributed by atoms with E-state index in [0.29, 0.717) is 0 Å². The maximum atomic E-state index is 4.35. The van der Waals surface area contributed by atoms with E-state index >= 15 is 0 Å². The van der Waals surface area contributed by atoms with Gasteiger partial charge in [0.2, 0.25) is 0 Å². The first-order chi connectivity index (χ1) is 14.3. The Hall–Kier alpha value is -2.50. The molecule has 0 aliphatic carbocycles. The van der Waals surface area contributed by atoms with Crippen LogP contribution in [0.4, 0.5) is 0 Å². The normalized spacial score (nSPS) is 16.9. The quantitative estimate of drug-likeness (QED) is 0.455. The van der Waals surface area contributed by atoms with Crippen molar-refractivity contribution in [3.8, 4) is 0 Å². The van der Waals surface area contributed by atoms with Crippen molar-refractivity contribution in [2.75, 3.05) is 19.3 Å². The van der Waals surface area contributed by atoms with Gasteiger partial charge in [-0.25, -0.2) is 0 Å². The van der Waals surface area contributed by atoms with Crippen molar-refractivity contribution in [1.29, 1.82) is 0 Å². The zero-order valence-electron chi connectivity index (χ0n) is 16.7. The fourth-order valence-electron chi connectivity index (χ4n) is 4.56. The molecule has 1 atom stereocenters. The van der Waals surface area contributed by atoms with Gasteiger partial charge in [-0.15, -0.1) is 11.8 Å². The molecule has 1 aliphatic heterocycles. The van der Waals surface area contributed by atoms with Crippen LogP contribution >= 0.6 is 11.8 Å². The van der Waals surface area contributed by atoms with Gasteiger partial charge in [0, 0.05) is 53.5 Å². The van der Waals surface area contributed by atoms with Crippen LogP contribution in [0.3, 0.4) is 0 Å². The topological polar surface area (TPSA) is 36.9 Å². The van der Waals surface area contributed by atoms with E-state index < -0.39 is 0 Å². The first-order valence-electron chi connectivity index (χ1n) is 10.3. The van der Waals surface area contributed by atoms with Gasteiger partial charge >= 0.3 is 0 Å². The SMILES string of the molecule is CSc1ccc([C@H]2c3[nH]c4ccccc4c3CCN2CCCn2cccn2)cc1. The van der Waals surface area contributed by atoms with Crippen LogP contribution in [-0.2, 0) is 13.0 Å². The van der Waals surface area contributed by atoms with Crippen LogP contribution in [0.1, 0.15) is 29.3 Å². The molecule has 4 nitrogen and oxygen atoms in total. The number of nitrogens with zero attached hydrogens (tertiary/aromatic N) is 3. The summed E-state index contributed by atoms with van der Waals surface area (Å²) >= 11 is 1.80. The van der Waals surface area contributed by atoms with Crippen LogP contribution in [0.15, 0.2) is 71.9 Å². The third kappa shape index (κ3) is 3.61. The van der Waals surface area contributed by atoms with Gasteiger partial charge in [-0.1, -0.05) is 30.3 Å². The van der Waals surface area contributed by atoms with E-state index in [2.05, 4.69) is 69.8 Å². The van der Waals surface area contributed by atoms with Gasteiger partial charge in [-0.3, -0.25) is 9.58 Å². The second-order valence-electron chi connectivity index (χ2n) is 7.65. The number of fused-ring (bicyclic) bond motifs is 3. The molecule has 1 N–H and O–H groups in total. The van der Waals surface area contributed by atoms with Crippen LogP contribution < -0.4 is 0 Å². The number of aromatic nitrogens is 3. The standard InChI is InChI=1S/C24H26N4S/c1-29-19-10-8-18(9-11-19)24-23-21(20-6-2-3-7-22(20)26-23)12-17-27(24)14-5-16-28-15-4-13-25-28/h2-4,6-11,13,15,24,26H,5,12,14,16-17H2,1H3/t24-/m0/s1. The molecule has 5 heteroatoms. The molecule has 0 fully saturated rings. The van der Waals surface area contributed by atoms with E-state index in [9.17, 15) is 0 Å². The number of nitrogens with one attached hydrogen (secondary N) is 1. The summed E-state index contributed by atoms with van der Waals surface area (Å²) in [5.41, 5.74) is 5.48. The molecule has 3 heterocycles. The average molecular weight is 403 g/mol. The van der Waals surface area contributed by atoms with Crippen LogP contribution in [0, 0.1) is 0 Å². The summed E-state index contributed by atoms with van der Waals surface area (Å²) in [6.45, 7) is 3.10. The van der Waals surface area contributed by atoms with Gasteiger partial charge in [0.15, 0.2) is 0 Å². The molecule has 2 aromatic heterocycles. The van der Waals surface area contributed by atoms with Gasteiger partial charge in [-0.2, -0.15) is 5.10 Å². The van der Waals surface area contributed by atoms with Crippen LogP contribution in [-0.4, -0.2) is 39.0 Å². The predicted octanol–water partition coefficient (Wildman–Crippen LogP) is 5.12. The van der Waals surface area contributed by atoms with Crippen molar-refractivity contribution in [2.24, 2.45) is 0 Å². The lowest BCUT2D eigenvalue weighted by Gasteiger charge is -2.36. The second-order valence-corrected chi connectivity index (χ2v) is 8.53. The lowest BCUT2D eigenvalue weighted by atomic mass is 9.92. The molecule has 29 heavy (non-hydrogen) atoms. The molecule has 148 valence electrons. The van der Waals surface area contributed by atoms with Crippen molar-refractivity contribution < 1.29 is 0 Å². The number of hydrogen-bond donors (Lipinski definition) is 1. The van der Waals surface area contributed by atoms with Crippen LogP contribution in [0.5, 0.6) is 0 Å². The van der Waals surface area contributed by atoms with Gasteiger partial charge in [0.1, 0.15) is 0 Å². The Balaban J connectivity index is 1.48. The Morgan fingerprint density at radius 1 is 1.07 bits per heavy atom. The first kappa shape index (κ1) is 18.5. The molecule has 0 saturated heterocycles. The molecule has 5 rings (SSSR count). The zero-order valence-corrected chi connectivity index (χ0v) is 17.5. The van der Waals surface area contributed by atoms with E-state index in [1.54, 1.807) is 11.8 Å². The van der Waals surface area contributed by atoms with Crippen LogP contribution in [0.2, 0.25) is 0 Å². The Morgan fingerprint density at radius 2 is 1.93 bits per heavy atom. The minimum absolute atomic E-state index is 0.277. The minimum Gasteiger partial charge on any atom is -0.357 e. The number of para-hydroxylation sites is 1. The number of benzene rings is 2. The van der Waals surface area contributed by atoms with E-state index in [4.69, 9.17) is 0 Å². The molecular weight excluding hydrogens is 376 g/mol. The lowest BCUT2D eigenvalue weighted by molar-refractivity contribution is 0.204. The molecule has 1 aliphatic rings. The maximum Gasteiger partial charge on any atom is 0.0757 e. The van der Waals surface area contributed by atoms with Crippen LogP contribution in [0.25, 0.3) is 10.9 Å². The number of rotatable bonds is 6. The highest BCUT2D eigenvalue weighted by Crippen LogP contribution is 2.38. The third-order valence-corrected chi connectivity index (χ3v) is 6.70. The molecule has 4 aromatic rings. The van der Waals surface area contributed by atoms with Crippen molar-refractivity contribution in [2.45, 2.75) is 30.3 Å². The van der Waals surface area contributed by atoms with Gasteiger partial charge in [0.25, 0.3) is 0 Å². The van der Waals surface area contributed by atoms with E-state index in [-0.39, 0.29) is 6.04 Å².